The van der Waals surface area contributed by atoms with E-state index in [1.807, 2.05) is 0 Å². The highest BCUT2D eigenvalue weighted by Crippen LogP contribution is 2.57. The Kier molecular flexibility index (Phi) is 18.4. The Morgan fingerprint density at radius 2 is 1.64 bits per heavy atom. The molecule has 2 fully saturated rings. The van der Waals surface area contributed by atoms with Gasteiger partial charge in [0.1, 0.15) is 42.6 Å². The van der Waals surface area contributed by atoms with Crippen molar-refractivity contribution in [3.05, 3.63) is 109 Å². The van der Waals surface area contributed by atoms with E-state index in [0.29, 0.717) is 35.9 Å². The number of thioether (sulfide) groups is 1. The minimum absolute atomic E-state index is 0.0311. The fourth-order valence-corrected chi connectivity index (χ4v) is 10.7. The van der Waals surface area contributed by atoms with Gasteiger partial charge in [-0.15, -0.1) is 11.8 Å². The Balaban J connectivity index is 0.752. The number of hydrogen-bond acceptors (Lipinski definition) is 17. The van der Waals surface area contributed by atoms with E-state index in [9.17, 15) is 58.6 Å². The van der Waals surface area contributed by atoms with Crippen molar-refractivity contribution < 1.29 is 66.9 Å². The van der Waals surface area contributed by atoms with Gasteiger partial charge >= 0.3 is 19.8 Å². The Bertz CT molecular complexity index is 3000. The number of nitrogens with zero attached hydrogens (tertiary/aromatic N) is 2. The molecule has 3 aromatic rings. The molecule has 22 nitrogen and oxygen atoms in total. The third-order valence-electron chi connectivity index (χ3n) is 12.5. The molecule has 2 saturated heterocycles. The molecule has 5 atom stereocenters. The second-order valence-electron chi connectivity index (χ2n) is 17.6. The summed E-state index contributed by atoms with van der Waals surface area (Å²) in [6.45, 7) is 1.44. The van der Waals surface area contributed by atoms with Crippen LogP contribution in [0.1, 0.15) is 103 Å². The van der Waals surface area contributed by atoms with E-state index in [0.717, 1.165) is 38.5 Å². The number of imide groups is 1. The fourth-order valence-electron chi connectivity index (χ4n) is 8.61. The molecule has 3 unspecified atom stereocenters. The van der Waals surface area contributed by atoms with E-state index in [1.54, 1.807) is 6.07 Å². The zero-order valence-electron chi connectivity index (χ0n) is 40.0. The van der Waals surface area contributed by atoms with Crippen LogP contribution in [0.15, 0.2) is 79.6 Å². The first kappa shape index (κ1) is 54.5. The fraction of sp³-hybridized carbons (Fsp3) is 0.429. The summed E-state index contributed by atoms with van der Waals surface area (Å²) < 4.78 is 28.9. The molecule has 390 valence electrons. The maximum Gasteiger partial charge on any atom is 0.572 e. The summed E-state index contributed by atoms with van der Waals surface area (Å²) >= 11 is 1.22. The molecule has 0 saturated carbocycles. The molecule has 4 aliphatic rings. The van der Waals surface area contributed by atoms with Gasteiger partial charge in [-0.3, -0.25) is 54.1 Å². The van der Waals surface area contributed by atoms with E-state index in [1.165, 1.54) is 90.0 Å². The molecule has 1 aliphatic carbocycles. The lowest BCUT2D eigenvalue weighted by Crippen LogP contribution is -2.41. The standard InChI is InChI=1S/C49H56N5O17PS/c1-28-26-54(49(65)50-45(28)60)43-24-36(57)39(71-43)27-69-72(66,67-2)68-19-20-73-40-25-42(59)53(47(40)62)18-10-8-6-4-3-5-7-9-11-41(58)51-52-46(61)29-12-15-32(48(63)64)35(21-29)44-33-16-13-30(55)22-37(33)70-38-23-31(56)14-17-34(38)44/h12-17,21-23,26,36,39-40,43,57,66H,3-11,18-20,24-25,27H2,1-2H3,(H4-,50,51,52,55,56,58,60,61,63,64,65)/p+1/t36?,39-,40?,43-,72?/m1/s1. The summed E-state index contributed by atoms with van der Waals surface area (Å²) in [5.74, 6) is -2.58. The number of aromatic amines is 1. The summed E-state index contributed by atoms with van der Waals surface area (Å²) in [6.07, 6.45) is 5.19. The van der Waals surface area contributed by atoms with Crippen molar-refractivity contribution in [2.45, 2.75) is 101 Å². The van der Waals surface area contributed by atoms with Crippen LogP contribution in [0.4, 0.5) is 0 Å². The maximum absolute atomic E-state index is 13.2. The highest BCUT2D eigenvalue weighted by Gasteiger charge is 2.47. The van der Waals surface area contributed by atoms with Gasteiger partial charge in [-0.1, -0.05) is 38.5 Å². The second-order valence-corrected chi connectivity index (χ2v) is 20.7. The largest absolute Gasteiger partial charge is 0.572 e. The molecule has 7 rings (SSSR count). The van der Waals surface area contributed by atoms with E-state index >= 15 is 0 Å². The molecular weight excluding hydrogens is 994 g/mol. The number of nitrogens with one attached hydrogen (secondary N) is 3. The third-order valence-corrected chi connectivity index (χ3v) is 15.1. The van der Waals surface area contributed by atoms with Gasteiger partial charge in [-0.25, -0.2) is 9.59 Å². The monoisotopic (exact) mass is 1050 g/mol. The number of aromatic hydroxyl groups is 1. The smallest absolute Gasteiger partial charge is 0.508 e. The van der Waals surface area contributed by atoms with E-state index < -0.39 is 60.9 Å². The number of phenolic OH excluding ortho intramolecular Hbond substituents is 1. The number of hydrazine groups is 1. The lowest BCUT2D eigenvalue weighted by Gasteiger charge is -2.18. The number of aliphatic hydroxyl groups is 1. The Labute approximate surface area is 422 Å². The number of rotatable bonds is 24. The third kappa shape index (κ3) is 13.7. The first-order valence-corrected chi connectivity index (χ1v) is 26.2. The molecule has 2 aromatic carbocycles. The molecule has 24 heteroatoms. The number of aromatic nitrogens is 2. The number of aromatic carboxylic acids is 1. The molecule has 4 amide bonds. The average Bonchev–Trinajstić information content (AvgIpc) is 3.87. The number of ether oxygens (including phenoxy) is 1. The summed E-state index contributed by atoms with van der Waals surface area (Å²) in [7, 11) is -2.67. The highest BCUT2D eigenvalue weighted by molar-refractivity contribution is 8.00. The molecule has 0 bridgehead atoms. The molecular formula is C49H57N5O17PS+. The zero-order valence-corrected chi connectivity index (χ0v) is 41.7. The van der Waals surface area contributed by atoms with E-state index in [4.69, 9.17) is 22.7 Å². The van der Waals surface area contributed by atoms with Crippen LogP contribution in [0.3, 0.4) is 0 Å². The summed E-state index contributed by atoms with van der Waals surface area (Å²) in [4.78, 5) is 114. The quantitative estimate of drug-likeness (QED) is 0.0141. The van der Waals surface area contributed by atoms with Gasteiger partial charge in [0, 0.05) is 77.5 Å². The summed E-state index contributed by atoms with van der Waals surface area (Å²) in [5, 5.41) is 30.6. The number of benzene rings is 3. The Morgan fingerprint density at radius 1 is 0.904 bits per heavy atom. The first-order chi connectivity index (χ1) is 34.9. The van der Waals surface area contributed by atoms with Gasteiger partial charge in [0.05, 0.1) is 24.0 Å². The van der Waals surface area contributed by atoms with Gasteiger partial charge in [0.15, 0.2) is 5.43 Å². The Morgan fingerprint density at radius 3 is 2.38 bits per heavy atom. The molecule has 1 aromatic heterocycles. The van der Waals surface area contributed by atoms with Crippen LogP contribution in [0, 0.1) is 6.92 Å². The summed E-state index contributed by atoms with van der Waals surface area (Å²) in [6, 6.07) is 12.4. The number of phenols is 1. The van der Waals surface area contributed by atoms with Crippen LogP contribution < -0.4 is 27.5 Å². The number of aliphatic hydroxyl groups excluding tert-OH is 1. The van der Waals surface area contributed by atoms with Crippen LogP contribution in [-0.4, -0.2) is 114 Å². The van der Waals surface area contributed by atoms with Crippen molar-refractivity contribution in [2.24, 2.45) is 0 Å². The van der Waals surface area contributed by atoms with Crippen LogP contribution in [0.25, 0.3) is 33.4 Å². The second kappa shape index (κ2) is 24.6. The summed E-state index contributed by atoms with van der Waals surface area (Å²) in [5.41, 5.74) is 4.60. The predicted octanol–water partition coefficient (Wildman–Crippen LogP) is 4.96. The number of amides is 4. The maximum atomic E-state index is 13.2. The van der Waals surface area contributed by atoms with Crippen molar-refractivity contribution in [3.63, 3.8) is 0 Å². The number of unbranched alkanes of at least 4 members (excludes halogenated alkanes) is 7. The highest BCUT2D eigenvalue weighted by atomic mass is 32.2. The molecule has 4 heterocycles. The molecule has 0 radical (unpaired) electrons. The topological polar surface area (TPSA) is 316 Å². The number of aryl methyl sites for hydroxylation is 1. The normalized spacial score (nSPS) is 18.7. The first-order valence-electron chi connectivity index (χ1n) is 23.7. The number of carboxylic acids is 1. The van der Waals surface area contributed by atoms with Gasteiger partial charge in [0.2, 0.25) is 17.7 Å². The van der Waals surface area contributed by atoms with Crippen LogP contribution in [0.2, 0.25) is 0 Å². The minimum Gasteiger partial charge on any atom is -0.508 e. The number of likely N-dealkylation sites (tertiary alicyclic amines) is 1. The van der Waals surface area contributed by atoms with Crippen molar-refractivity contribution >= 4 is 60.5 Å². The van der Waals surface area contributed by atoms with Gasteiger partial charge < -0.3 is 24.5 Å². The number of H-pyrrole nitrogens is 1. The minimum atomic E-state index is -3.85. The lowest BCUT2D eigenvalue weighted by molar-refractivity contribution is -0.138. The molecule has 0 spiro atoms. The zero-order chi connectivity index (χ0) is 52.4. The van der Waals surface area contributed by atoms with Gasteiger partial charge in [-0.2, -0.15) is 18.5 Å². The Hall–Kier alpha value is -6.30. The number of carbonyl (C=O) groups excluding carboxylic acids is 4. The van der Waals surface area contributed by atoms with E-state index in [2.05, 4.69) is 15.8 Å². The van der Waals surface area contributed by atoms with Crippen LogP contribution in [0.5, 0.6) is 5.75 Å². The van der Waals surface area contributed by atoms with E-state index in [-0.39, 0.29) is 94.8 Å². The van der Waals surface area contributed by atoms with Crippen LogP contribution in [-0.2, 0) is 32.7 Å². The molecule has 7 N–H and O–H groups in total. The lowest BCUT2D eigenvalue weighted by atomic mass is 9.89. The van der Waals surface area contributed by atoms with Crippen molar-refractivity contribution in [1.82, 2.24) is 25.3 Å². The SMILES string of the molecule is CO[P+](O)(OCCSC1CC(=O)N(CCCCCCCCCCC(=O)NNC(=O)c2ccc(C(=O)O)c(-c3c4ccc(=O)cc-4oc4cc(O)ccc34)c2)C1=O)OC[C@H]1O[C@@H](n2cc(C)c(=O)[nH]c2=O)CC1O. The van der Waals surface area contributed by atoms with Crippen LogP contribution >= 0.6 is 19.9 Å². The number of fused-ring (bicyclic) bond motifs is 2. The van der Waals surface area contributed by atoms with Gasteiger partial charge in [-0.05, 0) is 67.8 Å². The number of hydrogen-bond donors (Lipinski definition) is 7. The predicted molar refractivity (Wildman–Crippen MR) is 267 cm³/mol. The van der Waals surface area contributed by atoms with Crippen molar-refractivity contribution in [2.75, 3.05) is 32.6 Å². The number of carboxylic acid groups (broad SMARTS) is 1. The number of carbonyl (C=O) groups is 5. The van der Waals surface area contributed by atoms with Gasteiger partial charge in [0.25, 0.3) is 11.5 Å². The van der Waals surface area contributed by atoms with Crippen molar-refractivity contribution in [3.8, 4) is 28.2 Å². The van der Waals surface area contributed by atoms with Crippen molar-refractivity contribution in [1.29, 1.82) is 0 Å². The molecule has 73 heavy (non-hydrogen) atoms. The average molecular weight is 1050 g/mol. The molecule has 3 aliphatic heterocycles.